The Balaban J connectivity index is 1.44. The van der Waals surface area contributed by atoms with E-state index in [1.54, 1.807) is 24.5 Å². The summed E-state index contributed by atoms with van der Waals surface area (Å²) in [6, 6.07) is 11.5. The third-order valence-corrected chi connectivity index (χ3v) is 8.11. The van der Waals surface area contributed by atoms with Crippen LogP contribution in [0.5, 0.6) is 0 Å². The summed E-state index contributed by atoms with van der Waals surface area (Å²) < 4.78 is 26.7. The van der Waals surface area contributed by atoms with E-state index in [0.717, 1.165) is 43.6 Å². The van der Waals surface area contributed by atoms with Gasteiger partial charge in [-0.2, -0.15) is 4.98 Å². The number of anilines is 6. The van der Waals surface area contributed by atoms with E-state index in [2.05, 4.69) is 51.4 Å². The van der Waals surface area contributed by atoms with Crippen LogP contribution in [-0.4, -0.2) is 66.0 Å². The number of piperidine rings is 1. The van der Waals surface area contributed by atoms with Crippen LogP contribution in [0.2, 0.25) is 0 Å². The molecule has 2 aromatic heterocycles. The molecule has 5 rings (SSSR count). The van der Waals surface area contributed by atoms with E-state index >= 15 is 0 Å². The lowest BCUT2D eigenvalue weighted by molar-refractivity contribution is 0.145. The first kappa shape index (κ1) is 26.1. The van der Waals surface area contributed by atoms with Gasteiger partial charge in [0.25, 0.3) is 0 Å². The van der Waals surface area contributed by atoms with Gasteiger partial charge in [-0.25, -0.2) is 13.4 Å². The summed E-state index contributed by atoms with van der Waals surface area (Å²) in [5.74, 6) is 0.801. The van der Waals surface area contributed by atoms with Gasteiger partial charge >= 0.3 is 0 Å². The van der Waals surface area contributed by atoms with Gasteiger partial charge in [-0.15, -0.1) is 0 Å². The molecule has 1 aliphatic rings. The molecule has 0 atom stereocenters. The summed E-state index contributed by atoms with van der Waals surface area (Å²) in [6.07, 6.45) is 7.10. The predicted octanol–water partition coefficient (Wildman–Crippen LogP) is 4.03. The molecular weight excluding hydrogens is 572 g/mol. The Morgan fingerprint density at radius 2 is 1.84 bits per heavy atom. The van der Waals surface area contributed by atoms with Crippen LogP contribution in [0.4, 0.5) is 34.5 Å². The maximum absolute atomic E-state index is 12.5. The fraction of sp³-hybridized carbons (Fsp3) is 0.280. The lowest BCUT2D eigenvalue weighted by atomic mass is 10.1. The number of benzene rings is 2. The third kappa shape index (κ3) is 5.64. The van der Waals surface area contributed by atoms with Crippen molar-refractivity contribution in [2.24, 2.45) is 0 Å². The SMILES string of the molecule is CN(c1c(Nc2nc(Nc3cccc(N4CCC(O)CC4)c3)ncc2Br)ccc2nccnc12)S(C)(=O)=O. The average Bonchev–Trinajstić information content (AvgIpc) is 2.90. The molecule has 0 saturated carbocycles. The van der Waals surface area contributed by atoms with Crippen molar-refractivity contribution >= 4 is 71.5 Å². The van der Waals surface area contributed by atoms with Crippen molar-refractivity contribution in [2.75, 3.05) is 46.2 Å². The molecule has 13 heteroatoms. The number of hydrogen-bond acceptors (Lipinski definition) is 10. The van der Waals surface area contributed by atoms with Crippen molar-refractivity contribution in [3.05, 3.63) is 59.5 Å². The van der Waals surface area contributed by atoms with Gasteiger partial charge in [0.05, 0.1) is 28.0 Å². The minimum absolute atomic E-state index is 0.234. The number of hydrogen-bond donors (Lipinski definition) is 3. The summed E-state index contributed by atoms with van der Waals surface area (Å²) in [7, 11) is -2.11. The van der Waals surface area contributed by atoms with E-state index < -0.39 is 10.0 Å². The van der Waals surface area contributed by atoms with Crippen LogP contribution < -0.4 is 19.8 Å². The molecule has 1 aliphatic heterocycles. The van der Waals surface area contributed by atoms with Gasteiger partial charge in [0.1, 0.15) is 17.0 Å². The molecule has 0 radical (unpaired) electrons. The Morgan fingerprint density at radius 1 is 1.08 bits per heavy atom. The number of aliphatic hydroxyl groups excluding tert-OH is 1. The summed E-state index contributed by atoms with van der Waals surface area (Å²) in [5, 5.41) is 16.3. The van der Waals surface area contributed by atoms with Crippen molar-refractivity contribution < 1.29 is 13.5 Å². The van der Waals surface area contributed by atoms with Crippen molar-refractivity contribution in [1.29, 1.82) is 0 Å². The van der Waals surface area contributed by atoms with Crippen LogP contribution in [0.1, 0.15) is 12.8 Å². The van der Waals surface area contributed by atoms with E-state index in [-0.39, 0.29) is 6.10 Å². The van der Waals surface area contributed by atoms with Crippen LogP contribution in [0.3, 0.4) is 0 Å². The van der Waals surface area contributed by atoms with Gasteiger partial charge in [0.15, 0.2) is 0 Å². The van der Waals surface area contributed by atoms with Crippen LogP contribution in [-0.2, 0) is 10.0 Å². The Morgan fingerprint density at radius 3 is 2.61 bits per heavy atom. The zero-order valence-corrected chi connectivity index (χ0v) is 23.2. The molecule has 4 aromatic rings. The highest BCUT2D eigenvalue weighted by Gasteiger charge is 2.22. The highest BCUT2D eigenvalue weighted by Crippen LogP contribution is 2.36. The molecule has 3 heterocycles. The Kier molecular flexibility index (Phi) is 7.32. The first-order valence-electron chi connectivity index (χ1n) is 12.0. The van der Waals surface area contributed by atoms with Gasteiger partial charge in [0, 0.05) is 50.1 Å². The molecule has 2 aromatic carbocycles. The van der Waals surface area contributed by atoms with Crippen LogP contribution in [0.25, 0.3) is 11.0 Å². The van der Waals surface area contributed by atoms with Gasteiger partial charge in [0.2, 0.25) is 16.0 Å². The molecule has 1 saturated heterocycles. The van der Waals surface area contributed by atoms with Crippen molar-refractivity contribution in [3.8, 4) is 0 Å². The van der Waals surface area contributed by atoms with E-state index in [1.807, 2.05) is 24.3 Å². The van der Waals surface area contributed by atoms with Gasteiger partial charge < -0.3 is 20.6 Å². The molecule has 0 aliphatic carbocycles. The van der Waals surface area contributed by atoms with Crippen molar-refractivity contribution in [3.63, 3.8) is 0 Å². The maximum atomic E-state index is 12.5. The van der Waals surface area contributed by atoms with E-state index in [0.29, 0.717) is 38.6 Å². The number of nitrogens with one attached hydrogen (secondary N) is 2. The second kappa shape index (κ2) is 10.7. The van der Waals surface area contributed by atoms with Gasteiger partial charge in [-0.3, -0.25) is 14.3 Å². The lowest BCUT2D eigenvalue weighted by Gasteiger charge is -2.31. The number of aromatic nitrogens is 4. The number of fused-ring (bicyclic) bond motifs is 1. The zero-order chi connectivity index (χ0) is 26.9. The highest BCUT2D eigenvalue weighted by atomic mass is 79.9. The quantitative estimate of drug-likeness (QED) is 0.286. The van der Waals surface area contributed by atoms with E-state index in [1.165, 1.54) is 17.5 Å². The normalized spacial score (nSPS) is 14.5. The Hall–Kier alpha value is -3.55. The molecule has 0 amide bonds. The molecule has 3 N–H and O–H groups in total. The molecular formula is C25H27BrN8O3S. The largest absolute Gasteiger partial charge is 0.393 e. The monoisotopic (exact) mass is 598 g/mol. The van der Waals surface area contributed by atoms with Crippen molar-refractivity contribution in [2.45, 2.75) is 18.9 Å². The van der Waals surface area contributed by atoms with Gasteiger partial charge in [-0.1, -0.05) is 6.07 Å². The minimum Gasteiger partial charge on any atom is -0.393 e. The number of halogens is 1. The average molecular weight is 600 g/mol. The summed E-state index contributed by atoms with van der Waals surface area (Å²) in [5.41, 5.74) is 3.73. The fourth-order valence-electron chi connectivity index (χ4n) is 4.28. The van der Waals surface area contributed by atoms with Crippen molar-refractivity contribution in [1.82, 2.24) is 19.9 Å². The van der Waals surface area contributed by atoms with Crippen LogP contribution >= 0.6 is 15.9 Å². The molecule has 0 spiro atoms. The van der Waals surface area contributed by atoms with Gasteiger partial charge in [-0.05, 0) is 59.1 Å². The summed E-state index contributed by atoms with van der Waals surface area (Å²) in [4.78, 5) is 19.9. The molecule has 38 heavy (non-hydrogen) atoms. The third-order valence-electron chi connectivity index (χ3n) is 6.36. The van der Waals surface area contributed by atoms with Crippen LogP contribution in [0, 0.1) is 0 Å². The summed E-state index contributed by atoms with van der Waals surface area (Å²) in [6.45, 7) is 1.60. The first-order valence-corrected chi connectivity index (χ1v) is 14.6. The van der Waals surface area contributed by atoms with E-state index in [4.69, 9.17) is 0 Å². The number of aliphatic hydroxyl groups is 1. The fourth-order valence-corrected chi connectivity index (χ4v) is 5.09. The predicted molar refractivity (Wildman–Crippen MR) is 153 cm³/mol. The van der Waals surface area contributed by atoms with Crippen LogP contribution in [0.15, 0.2) is 59.5 Å². The Bertz CT molecular complexity index is 1580. The molecule has 0 bridgehead atoms. The Labute approximate surface area is 229 Å². The molecule has 1 fully saturated rings. The smallest absolute Gasteiger partial charge is 0.232 e. The number of nitrogens with zero attached hydrogens (tertiary/aromatic N) is 6. The minimum atomic E-state index is -3.59. The molecule has 0 unspecified atom stereocenters. The summed E-state index contributed by atoms with van der Waals surface area (Å²) >= 11 is 3.49. The molecule has 11 nitrogen and oxygen atoms in total. The van der Waals surface area contributed by atoms with E-state index in [9.17, 15) is 13.5 Å². The number of rotatable bonds is 7. The second-order valence-corrected chi connectivity index (χ2v) is 11.9. The maximum Gasteiger partial charge on any atom is 0.232 e. The second-order valence-electron chi connectivity index (χ2n) is 9.02. The lowest BCUT2D eigenvalue weighted by Crippen LogP contribution is -2.35. The molecule has 198 valence electrons. The zero-order valence-electron chi connectivity index (χ0n) is 20.8. The first-order chi connectivity index (χ1) is 18.2. The highest BCUT2D eigenvalue weighted by molar-refractivity contribution is 9.10. The topological polar surface area (TPSA) is 136 Å². The standard InChI is InChI=1S/C25H27BrN8O3S/c1-33(38(2,36)37)23-21(7-6-20-22(23)28-11-10-27-20)31-24-19(26)15-29-25(32-24)30-16-4-3-5-17(14-16)34-12-8-18(35)9-13-34/h3-7,10-11,14-15,18,35H,8-9,12-13H2,1-2H3,(H2,29,30,31,32). The number of sulfonamides is 1.